The number of ether oxygens (including phenoxy) is 1. The van der Waals surface area contributed by atoms with Gasteiger partial charge >= 0.3 is 0 Å². The highest BCUT2D eigenvalue weighted by molar-refractivity contribution is 5.49. The fourth-order valence-corrected chi connectivity index (χ4v) is 2.86. The molecule has 0 spiro atoms. The second-order valence-electron chi connectivity index (χ2n) is 5.35. The number of benzene rings is 2. The van der Waals surface area contributed by atoms with Crippen LogP contribution in [0.1, 0.15) is 16.7 Å². The molecule has 5 heteroatoms. The number of hydrogen-bond acceptors (Lipinski definition) is 4. The monoisotopic (exact) mass is 303 g/mol. The molecule has 0 radical (unpaired) electrons. The van der Waals surface area contributed by atoms with Gasteiger partial charge in [0.25, 0.3) is 0 Å². The smallest absolute Gasteiger partial charge is 0.131 e. The van der Waals surface area contributed by atoms with E-state index in [2.05, 4.69) is 5.32 Å². The summed E-state index contributed by atoms with van der Waals surface area (Å²) in [6, 6.07) is 11.6. The minimum Gasteiger partial charge on any atom is -0.488 e. The fraction of sp³-hybridized carbons (Fsp3) is 0.294. The normalized spacial score (nSPS) is 19.8. The molecule has 1 aliphatic heterocycles. The molecule has 0 saturated carbocycles. The van der Waals surface area contributed by atoms with Crippen molar-refractivity contribution < 1.29 is 19.3 Å². The summed E-state index contributed by atoms with van der Waals surface area (Å²) in [6.45, 7) is 0.741. The summed E-state index contributed by atoms with van der Waals surface area (Å²) < 4.78 is 19.3. The van der Waals surface area contributed by atoms with Crippen molar-refractivity contribution >= 4 is 0 Å². The molecule has 4 nitrogen and oxygen atoms in total. The number of aliphatic hydroxyl groups is 2. The second-order valence-corrected chi connectivity index (χ2v) is 5.35. The molecule has 2 aromatic rings. The lowest BCUT2D eigenvalue weighted by molar-refractivity contribution is 0.0779. The maximum atomic E-state index is 13.5. The van der Waals surface area contributed by atoms with Gasteiger partial charge in [0.05, 0.1) is 6.61 Å². The Kier molecular flexibility index (Phi) is 4.11. The summed E-state index contributed by atoms with van der Waals surface area (Å²) in [6.07, 6.45) is 0. The van der Waals surface area contributed by atoms with Gasteiger partial charge in [0.1, 0.15) is 23.8 Å². The van der Waals surface area contributed by atoms with Crippen LogP contribution in [-0.2, 0) is 12.2 Å². The van der Waals surface area contributed by atoms with Crippen LogP contribution in [0.2, 0.25) is 0 Å². The second kappa shape index (κ2) is 6.04. The topological polar surface area (TPSA) is 61.7 Å². The molecule has 3 rings (SSSR count). The Bertz CT molecular complexity index is 677. The quantitative estimate of drug-likeness (QED) is 0.750. The van der Waals surface area contributed by atoms with Crippen LogP contribution in [0.4, 0.5) is 4.39 Å². The molecule has 0 amide bonds. The van der Waals surface area contributed by atoms with Crippen molar-refractivity contribution in [2.45, 2.75) is 12.2 Å². The number of nitrogens with one attached hydrogen (secondary N) is 1. The predicted molar refractivity (Wildman–Crippen MR) is 80.1 cm³/mol. The lowest BCUT2D eigenvalue weighted by atomic mass is 9.83. The molecule has 0 saturated heterocycles. The van der Waals surface area contributed by atoms with Crippen LogP contribution in [0.15, 0.2) is 42.5 Å². The van der Waals surface area contributed by atoms with E-state index in [1.807, 2.05) is 12.1 Å². The fourth-order valence-electron chi connectivity index (χ4n) is 2.86. The average Bonchev–Trinajstić information content (AvgIpc) is 2.64. The molecule has 2 aromatic carbocycles. The molecule has 116 valence electrons. The Morgan fingerprint density at radius 3 is 2.82 bits per heavy atom. The lowest BCUT2D eigenvalue weighted by Gasteiger charge is -2.30. The van der Waals surface area contributed by atoms with Gasteiger partial charge < -0.3 is 20.3 Å². The van der Waals surface area contributed by atoms with Gasteiger partial charge in [0, 0.05) is 18.7 Å². The Labute approximate surface area is 128 Å². The van der Waals surface area contributed by atoms with Crippen LogP contribution >= 0.6 is 0 Å². The van der Waals surface area contributed by atoms with Gasteiger partial charge in [-0.05, 0) is 29.3 Å². The van der Waals surface area contributed by atoms with E-state index < -0.39 is 5.60 Å². The van der Waals surface area contributed by atoms with E-state index >= 15 is 0 Å². The predicted octanol–water partition coefficient (Wildman–Crippen LogP) is 1.54. The summed E-state index contributed by atoms with van der Waals surface area (Å²) in [5, 5.41) is 23.3. The number of aliphatic hydroxyl groups excluding tert-OH is 1. The van der Waals surface area contributed by atoms with E-state index in [1.165, 1.54) is 12.1 Å². The molecule has 3 N–H and O–H groups in total. The van der Waals surface area contributed by atoms with Crippen molar-refractivity contribution in [3.63, 3.8) is 0 Å². The summed E-state index contributed by atoms with van der Waals surface area (Å²) >= 11 is 0. The molecule has 0 bridgehead atoms. The molecule has 0 aliphatic carbocycles. The zero-order valence-electron chi connectivity index (χ0n) is 12.1. The van der Waals surface area contributed by atoms with Gasteiger partial charge in [-0.3, -0.25) is 0 Å². The SMILES string of the molecule is OCCNCC1(O)c2ccc(F)cc2COc2ccccc21. The van der Waals surface area contributed by atoms with Crippen LogP contribution in [0.5, 0.6) is 5.75 Å². The Hall–Kier alpha value is -1.95. The van der Waals surface area contributed by atoms with Gasteiger partial charge in [0.2, 0.25) is 0 Å². The van der Waals surface area contributed by atoms with Gasteiger partial charge in [-0.15, -0.1) is 0 Å². The van der Waals surface area contributed by atoms with E-state index in [-0.39, 0.29) is 25.6 Å². The van der Waals surface area contributed by atoms with Crippen LogP contribution < -0.4 is 10.1 Å². The van der Waals surface area contributed by atoms with Crippen molar-refractivity contribution in [1.82, 2.24) is 5.32 Å². The van der Waals surface area contributed by atoms with Crippen LogP contribution in [0, 0.1) is 5.82 Å². The van der Waals surface area contributed by atoms with Gasteiger partial charge in [0.15, 0.2) is 0 Å². The van der Waals surface area contributed by atoms with Crippen LogP contribution in [-0.4, -0.2) is 29.9 Å². The standard InChI is InChI=1S/C17H18FNO3/c18-13-5-6-14-12(9-13)10-22-16-4-2-1-3-15(16)17(14,21)11-19-7-8-20/h1-6,9,19-21H,7-8,10-11H2. The van der Waals surface area contributed by atoms with E-state index in [0.717, 1.165) is 0 Å². The molecule has 0 fully saturated rings. The first-order valence-corrected chi connectivity index (χ1v) is 7.20. The van der Waals surface area contributed by atoms with Gasteiger partial charge in [-0.25, -0.2) is 4.39 Å². The number of para-hydroxylation sites is 1. The highest BCUT2D eigenvalue weighted by Gasteiger charge is 2.38. The molecular formula is C17H18FNO3. The summed E-state index contributed by atoms with van der Waals surface area (Å²) in [4.78, 5) is 0. The Balaban J connectivity index is 2.12. The van der Waals surface area contributed by atoms with E-state index in [4.69, 9.17) is 9.84 Å². The summed E-state index contributed by atoms with van der Waals surface area (Å²) in [5.74, 6) is 0.214. The van der Waals surface area contributed by atoms with E-state index in [1.54, 1.807) is 18.2 Å². The van der Waals surface area contributed by atoms with Gasteiger partial charge in [-0.1, -0.05) is 24.3 Å². The van der Waals surface area contributed by atoms with E-state index in [0.29, 0.717) is 29.0 Å². The van der Waals surface area contributed by atoms with E-state index in [9.17, 15) is 9.50 Å². The van der Waals surface area contributed by atoms with Crippen molar-refractivity contribution in [2.75, 3.05) is 19.7 Å². The highest BCUT2D eigenvalue weighted by Crippen LogP contribution is 2.40. The van der Waals surface area contributed by atoms with Crippen LogP contribution in [0.3, 0.4) is 0 Å². The first kappa shape index (κ1) is 15.0. The zero-order chi connectivity index (χ0) is 15.6. The molecule has 1 aliphatic rings. The number of hydrogen-bond donors (Lipinski definition) is 3. The van der Waals surface area contributed by atoms with Gasteiger partial charge in [-0.2, -0.15) is 0 Å². The largest absolute Gasteiger partial charge is 0.488 e. The third-order valence-corrected chi connectivity index (χ3v) is 3.90. The minimum atomic E-state index is -1.34. The average molecular weight is 303 g/mol. The van der Waals surface area contributed by atoms with Crippen molar-refractivity contribution in [1.29, 1.82) is 0 Å². The number of halogens is 1. The first-order chi connectivity index (χ1) is 10.6. The van der Waals surface area contributed by atoms with Crippen molar-refractivity contribution in [3.8, 4) is 5.75 Å². The lowest BCUT2D eigenvalue weighted by Crippen LogP contribution is -2.40. The maximum Gasteiger partial charge on any atom is 0.131 e. The van der Waals surface area contributed by atoms with Crippen molar-refractivity contribution in [3.05, 3.63) is 65.0 Å². The first-order valence-electron chi connectivity index (χ1n) is 7.20. The molecule has 1 unspecified atom stereocenters. The highest BCUT2D eigenvalue weighted by atomic mass is 19.1. The molecular weight excluding hydrogens is 285 g/mol. The van der Waals surface area contributed by atoms with Crippen LogP contribution in [0.25, 0.3) is 0 Å². The zero-order valence-corrected chi connectivity index (χ0v) is 12.1. The molecule has 22 heavy (non-hydrogen) atoms. The summed E-state index contributed by atoms with van der Waals surface area (Å²) in [7, 11) is 0. The number of rotatable bonds is 4. The third kappa shape index (κ3) is 2.59. The van der Waals surface area contributed by atoms with Crippen molar-refractivity contribution in [2.24, 2.45) is 0 Å². The molecule has 0 aromatic heterocycles. The third-order valence-electron chi connectivity index (χ3n) is 3.90. The number of fused-ring (bicyclic) bond motifs is 2. The molecule has 1 atom stereocenters. The maximum absolute atomic E-state index is 13.5. The summed E-state index contributed by atoms with van der Waals surface area (Å²) in [5.41, 5.74) is 0.519. The Morgan fingerprint density at radius 1 is 1.18 bits per heavy atom. The minimum absolute atomic E-state index is 0.0233. The Morgan fingerprint density at radius 2 is 2.00 bits per heavy atom. The molecule has 1 heterocycles.